The summed E-state index contributed by atoms with van der Waals surface area (Å²) in [5.74, 6) is -1.72. The number of esters is 1. The molecule has 1 aliphatic rings. The third-order valence-electron chi connectivity index (χ3n) is 5.55. The van der Waals surface area contributed by atoms with Gasteiger partial charge < -0.3 is 19.6 Å². The third-order valence-corrected chi connectivity index (χ3v) is 5.55. The van der Waals surface area contributed by atoms with E-state index in [-0.39, 0.29) is 11.3 Å². The number of hydrogen-bond donors (Lipinski definition) is 1. The van der Waals surface area contributed by atoms with Gasteiger partial charge in [-0.2, -0.15) is 0 Å². The van der Waals surface area contributed by atoms with Crippen LogP contribution in [-0.2, 0) is 14.3 Å². The first kappa shape index (κ1) is 24.1. The number of amides is 1. The maximum absolute atomic E-state index is 13.1. The van der Waals surface area contributed by atoms with Crippen LogP contribution < -0.4 is 0 Å². The van der Waals surface area contributed by atoms with Gasteiger partial charge in [0.1, 0.15) is 11.6 Å². The van der Waals surface area contributed by atoms with E-state index in [0.717, 1.165) is 6.54 Å². The minimum Gasteiger partial charge on any atom is -0.507 e. The molecule has 1 aliphatic heterocycles. The zero-order chi connectivity index (χ0) is 24.3. The number of carbonyl (C=O) groups excluding carboxylic acids is 3. The molecular formula is C24H28N4O5. The Morgan fingerprint density at radius 1 is 1.18 bits per heavy atom. The van der Waals surface area contributed by atoms with Crippen LogP contribution in [0.3, 0.4) is 0 Å². The Kier molecular flexibility index (Phi) is 7.23. The number of methoxy groups -OCH3 is 1. The second-order valence-electron chi connectivity index (χ2n) is 8.18. The number of rotatable bonds is 7. The molecule has 1 amide bonds. The average molecular weight is 453 g/mol. The summed E-state index contributed by atoms with van der Waals surface area (Å²) in [5, 5.41) is 11.1. The number of Topliss-reactive ketones (excluding diaryl/α,β-unsaturated/α-hetero) is 1. The Morgan fingerprint density at radius 3 is 2.42 bits per heavy atom. The third kappa shape index (κ3) is 4.93. The topological polar surface area (TPSA) is 113 Å². The van der Waals surface area contributed by atoms with Gasteiger partial charge in [-0.25, -0.2) is 14.8 Å². The Labute approximate surface area is 192 Å². The van der Waals surface area contributed by atoms with Crippen LogP contribution in [0.2, 0.25) is 0 Å². The molecule has 0 radical (unpaired) electrons. The Hall–Kier alpha value is -3.59. The van der Waals surface area contributed by atoms with E-state index in [1.54, 1.807) is 38.1 Å². The second kappa shape index (κ2) is 9.91. The van der Waals surface area contributed by atoms with E-state index in [1.165, 1.54) is 18.2 Å². The number of nitrogens with zero attached hydrogens (tertiary/aromatic N) is 4. The highest BCUT2D eigenvalue weighted by atomic mass is 16.5. The summed E-state index contributed by atoms with van der Waals surface area (Å²) in [7, 11) is 5.15. The fourth-order valence-electron chi connectivity index (χ4n) is 3.89. The monoisotopic (exact) mass is 452 g/mol. The molecule has 33 heavy (non-hydrogen) atoms. The molecule has 9 nitrogen and oxygen atoms in total. The molecule has 1 N–H and O–H groups in total. The van der Waals surface area contributed by atoms with Crippen LogP contribution in [0.15, 0.2) is 36.0 Å². The molecule has 1 aromatic carbocycles. The van der Waals surface area contributed by atoms with E-state index in [2.05, 4.69) is 9.97 Å². The van der Waals surface area contributed by atoms with Crippen LogP contribution in [0.1, 0.15) is 45.5 Å². The van der Waals surface area contributed by atoms with Crippen molar-refractivity contribution in [2.75, 3.05) is 34.3 Å². The largest absolute Gasteiger partial charge is 0.507 e. The van der Waals surface area contributed by atoms with Gasteiger partial charge in [0.05, 0.1) is 35.5 Å². The van der Waals surface area contributed by atoms with Crippen LogP contribution in [0.4, 0.5) is 0 Å². The number of ketones is 1. The lowest BCUT2D eigenvalue weighted by Crippen LogP contribution is -2.32. The summed E-state index contributed by atoms with van der Waals surface area (Å²) >= 11 is 0. The number of benzene rings is 1. The predicted octanol–water partition coefficient (Wildman–Crippen LogP) is 2.25. The van der Waals surface area contributed by atoms with E-state index in [0.29, 0.717) is 41.2 Å². The number of ether oxygens (including phenoxy) is 1. The Bertz CT molecular complexity index is 1110. The number of aliphatic hydroxyl groups is 1. The van der Waals surface area contributed by atoms with E-state index in [1.807, 2.05) is 19.0 Å². The van der Waals surface area contributed by atoms with E-state index >= 15 is 0 Å². The molecule has 3 rings (SSSR count). The quantitative estimate of drug-likeness (QED) is 0.295. The zero-order valence-corrected chi connectivity index (χ0v) is 19.5. The van der Waals surface area contributed by atoms with Gasteiger partial charge in [-0.1, -0.05) is 12.1 Å². The summed E-state index contributed by atoms with van der Waals surface area (Å²) in [4.78, 5) is 49.7. The number of aryl methyl sites for hydroxylation is 2. The molecule has 0 bridgehead atoms. The van der Waals surface area contributed by atoms with Crippen LogP contribution in [0.5, 0.6) is 0 Å². The minimum absolute atomic E-state index is 0.0220. The first-order chi connectivity index (χ1) is 15.6. The van der Waals surface area contributed by atoms with Crippen molar-refractivity contribution in [1.82, 2.24) is 19.8 Å². The van der Waals surface area contributed by atoms with Crippen LogP contribution >= 0.6 is 0 Å². The highest BCUT2D eigenvalue weighted by Gasteiger charge is 2.46. The van der Waals surface area contributed by atoms with Gasteiger partial charge in [-0.05, 0) is 58.6 Å². The minimum atomic E-state index is -0.806. The molecule has 1 unspecified atom stereocenters. The molecule has 1 fully saturated rings. The maximum atomic E-state index is 13.1. The molecule has 1 saturated heterocycles. The highest BCUT2D eigenvalue weighted by molar-refractivity contribution is 6.46. The zero-order valence-electron chi connectivity index (χ0n) is 19.5. The SMILES string of the molecule is COC(=O)c1ccc(C2C(=C(O)c3cnc(C)nc3C)C(=O)C(=O)N2CCCN(C)C)cc1. The average Bonchev–Trinajstić information content (AvgIpc) is 3.03. The summed E-state index contributed by atoms with van der Waals surface area (Å²) in [6.07, 6.45) is 2.09. The molecule has 0 spiro atoms. The van der Waals surface area contributed by atoms with Crippen molar-refractivity contribution in [2.45, 2.75) is 26.3 Å². The van der Waals surface area contributed by atoms with E-state index in [9.17, 15) is 19.5 Å². The molecule has 2 heterocycles. The van der Waals surface area contributed by atoms with Gasteiger partial charge in [0.15, 0.2) is 0 Å². The lowest BCUT2D eigenvalue weighted by Gasteiger charge is -2.26. The smallest absolute Gasteiger partial charge is 0.337 e. The molecule has 9 heteroatoms. The van der Waals surface area contributed by atoms with Gasteiger partial charge in [-0.15, -0.1) is 0 Å². The van der Waals surface area contributed by atoms with E-state index in [4.69, 9.17) is 4.74 Å². The van der Waals surface area contributed by atoms with Gasteiger partial charge in [0.2, 0.25) is 0 Å². The second-order valence-corrected chi connectivity index (χ2v) is 8.18. The van der Waals surface area contributed by atoms with Crippen molar-refractivity contribution in [3.63, 3.8) is 0 Å². The van der Waals surface area contributed by atoms with Crippen molar-refractivity contribution in [3.8, 4) is 0 Å². The molecule has 1 aromatic heterocycles. The van der Waals surface area contributed by atoms with Gasteiger partial charge in [0, 0.05) is 12.7 Å². The summed E-state index contributed by atoms with van der Waals surface area (Å²) < 4.78 is 4.75. The normalized spacial score (nSPS) is 17.6. The van der Waals surface area contributed by atoms with E-state index < -0.39 is 23.7 Å². The molecular weight excluding hydrogens is 424 g/mol. The lowest BCUT2D eigenvalue weighted by atomic mass is 9.94. The lowest BCUT2D eigenvalue weighted by molar-refractivity contribution is -0.139. The summed E-state index contributed by atoms with van der Waals surface area (Å²) in [5.41, 5.74) is 1.71. The van der Waals surface area contributed by atoms with Crippen molar-refractivity contribution < 1.29 is 24.2 Å². The van der Waals surface area contributed by atoms with Crippen LogP contribution in [-0.4, -0.2) is 76.8 Å². The highest BCUT2D eigenvalue weighted by Crippen LogP contribution is 2.39. The summed E-state index contributed by atoms with van der Waals surface area (Å²) in [6.45, 7) is 4.48. The molecule has 174 valence electrons. The Morgan fingerprint density at radius 2 is 1.85 bits per heavy atom. The number of aromatic nitrogens is 2. The van der Waals surface area contributed by atoms with Crippen molar-refractivity contribution in [1.29, 1.82) is 0 Å². The standard InChI is InChI=1S/C24H28N4O5/c1-14-18(13-25-15(2)26-14)21(29)19-20(16-7-9-17(10-8-16)24(32)33-5)28(23(31)22(19)30)12-6-11-27(3)4/h7-10,13,20,29H,6,11-12H2,1-5H3. The van der Waals surface area contributed by atoms with Crippen LogP contribution in [0, 0.1) is 13.8 Å². The molecule has 0 saturated carbocycles. The first-order valence-corrected chi connectivity index (χ1v) is 10.6. The predicted molar refractivity (Wildman–Crippen MR) is 121 cm³/mol. The van der Waals surface area contributed by atoms with Gasteiger partial charge >= 0.3 is 5.97 Å². The van der Waals surface area contributed by atoms with Crippen molar-refractivity contribution >= 4 is 23.4 Å². The number of aliphatic hydroxyl groups excluding tert-OH is 1. The number of carbonyl (C=O) groups is 3. The van der Waals surface area contributed by atoms with Gasteiger partial charge in [-0.3, -0.25) is 9.59 Å². The molecule has 1 atom stereocenters. The number of hydrogen-bond acceptors (Lipinski definition) is 8. The Balaban J connectivity index is 2.12. The fraction of sp³-hybridized carbons (Fsp3) is 0.375. The fourth-order valence-corrected chi connectivity index (χ4v) is 3.89. The maximum Gasteiger partial charge on any atom is 0.337 e. The number of likely N-dealkylation sites (tertiary alicyclic amines) is 1. The summed E-state index contributed by atoms with van der Waals surface area (Å²) in [6, 6.07) is 5.66. The van der Waals surface area contributed by atoms with Crippen LogP contribution in [0.25, 0.3) is 5.76 Å². The van der Waals surface area contributed by atoms with Gasteiger partial charge in [0.25, 0.3) is 11.7 Å². The van der Waals surface area contributed by atoms with Crippen molar-refractivity contribution in [2.24, 2.45) is 0 Å². The van der Waals surface area contributed by atoms with Crippen molar-refractivity contribution in [3.05, 3.63) is 64.2 Å². The first-order valence-electron chi connectivity index (χ1n) is 10.6. The molecule has 2 aromatic rings. The molecule has 0 aliphatic carbocycles.